The van der Waals surface area contributed by atoms with Gasteiger partial charge in [0.2, 0.25) is 0 Å². The van der Waals surface area contributed by atoms with Gasteiger partial charge in [-0.25, -0.2) is 0 Å². The highest BCUT2D eigenvalue weighted by Crippen LogP contribution is 2.54. The molecule has 5 unspecified atom stereocenters. The molecular formula is C43H63BNO8. The molecule has 0 amide bonds. The summed E-state index contributed by atoms with van der Waals surface area (Å²) in [6.07, 6.45) is 8.07. The molecule has 10 heteroatoms. The van der Waals surface area contributed by atoms with Crippen molar-refractivity contribution in [1.82, 2.24) is 0 Å². The standard InChI is InChI=1S/C43H63BNO8/c1-31(37(46)50-28-32-19-11-8-12-20-32)41(4,5)40(2,3)30-42(6,39(48)51-29-33-21-13-9-14-22-33)43(7,45)27-35(34-23-15-10-16-24-34)38(47)53-44-52-36-25-17-18-26-49-36/h8,10-12,15-16,19-20,23-24,31,33,35-36H,9,13-14,17-18,21-22,25-30,45H2,1-7H3. The number of ether oxygens (including phenoxy) is 3. The van der Waals surface area contributed by atoms with Crippen molar-refractivity contribution in [2.24, 2.45) is 33.8 Å². The topological polar surface area (TPSA) is 123 Å². The van der Waals surface area contributed by atoms with Gasteiger partial charge in [0.1, 0.15) is 12.9 Å². The SMILES string of the molecule is CC(C(=O)OCc1ccccc1)C(C)(C)C(C)(C)CC(C)(C(=O)OCC1CCCCC1)C(C)(N)CC(C(=O)O[B]OC1CCCCO1)c1ccccc1. The Morgan fingerprint density at radius 1 is 0.830 bits per heavy atom. The van der Waals surface area contributed by atoms with Crippen LogP contribution in [0.2, 0.25) is 0 Å². The first kappa shape index (κ1) is 42.5. The molecule has 1 radical (unpaired) electrons. The number of hydrogen-bond donors (Lipinski definition) is 1. The molecule has 2 aliphatic rings. The van der Waals surface area contributed by atoms with E-state index >= 15 is 0 Å². The second-order valence-electron chi connectivity index (χ2n) is 17.1. The highest BCUT2D eigenvalue weighted by molar-refractivity contribution is 6.22. The van der Waals surface area contributed by atoms with Crippen LogP contribution in [0.25, 0.3) is 0 Å². The largest absolute Gasteiger partial charge is 0.576 e. The molecule has 2 fully saturated rings. The summed E-state index contributed by atoms with van der Waals surface area (Å²) < 4.78 is 28.8. The first-order chi connectivity index (χ1) is 25.1. The quantitative estimate of drug-likeness (QED) is 0.119. The van der Waals surface area contributed by atoms with Crippen molar-refractivity contribution in [3.8, 4) is 0 Å². The summed E-state index contributed by atoms with van der Waals surface area (Å²) in [5.74, 6) is -2.28. The third-order valence-electron chi connectivity index (χ3n) is 12.7. The van der Waals surface area contributed by atoms with Crippen molar-refractivity contribution in [1.29, 1.82) is 0 Å². The Morgan fingerprint density at radius 3 is 2.08 bits per heavy atom. The fraction of sp³-hybridized carbons (Fsp3) is 0.651. The number of esters is 2. The Morgan fingerprint density at radius 2 is 1.45 bits per heavy atom. The third-order valence-corrected chi connectivity index (χ3v) is 12.7. The van der Waals surface area contributed by atoms with Crippen LogP contribution in [0, 0.1) is 28.1 Å². The molecule has 53 heavy (non-hydrogen) atoms. The van der Waals surface area contributed by atoms with E-state index in [1.807, 2.05) is 95.3 Å². The Bertz CT molecular complexity index is 1450. The zero-order valence-electron chi connectivity index (χ0n) is 33.2. The number of nitrogens with two attached hydrogens (primary N) is 1. The molecule has 2 aromatic rings. The normalized spacial score (nSPS) is 20.6. The average Bonchev–Trinajstić information content (AvgIpc) is 3.15. The van der Waals surface area contributed by atoms with Gasteiger partial charge in [-0.3, -0.25) is 14.4 Å². The second kappa shape index (κ2) is 18.9. The molecular weight excluding hydrogens is 669 g/mol. The van der Waals surface area contributed by atoms with Crippen LogP contribution in [0.4, 0.5) is 0 Å². The van der Waals surface area contributed by atoms with Crippen molar-refractivity contribution in [3.63, 3.8) is 0 Å². The molecule has 4 rings (SSSR count). The maximum Gasteiger partial charge on any atom is 0.576 e. The van der Waals surface area contributed by atoms with Gasteiger partial charge in [-0.15, -0.1) is 0 Å². The number of rotatable bonds is 18. The Hall–Kier alpha value is -3.21. The van der Waals surface area contributed by atoms with E-state index in [1.165, 1.54) is 6.42 Å². The van der Waals surface area contributed by atoms with Crippen LogP contribution in [-0.2, 0) is 44.5 Å². The lowest BCUT2D eigenvalue weighted by atomic mass is 9.53. The molecule has 5 atom stereocenters. The molecule has 1 saturated heterocycles. The molecule has 9 nitrogen and oxygen atoms in total. The number of hydrogen-bond acceptors (Lipinski definition) is 9. The van der Waals surface area contributed by atoms with E-state index < -0.39 is 51.8 Å². The summed E-state index contributed by atoms with van der Waals surface area (Å²) in [5.41, 5.74) is 5.16. The van der Waals surface area contributed by atoms with Gasteiger partial charge >= 0.3 is 19.6 Å². The average molecular weight is 733 g/mol. The van der Waals surface area contributed by atoms with Crippen LogP contribution in [0.1, 0.15) is 130 Å². The first-order valence-electron chi connectivity index (χ1n) is 19.6. The van der Waals surface area contributed by atoms with Gasteiger partial charge < -0.3 is 29.3 Å². The van der Waals surface area contributed by atoms with E-state index in [2.05, 4.69) is 13.8 Å². The maximum absolute atomic E-state index is 14.6. The second-order valence-corrected chi connectivity index (χ2v) is 17.1. The molecule has 2 aromatic carbocycles. The molecule has 0 spiro atoms. The highest BCUT2D eigenvalue weighted by Gasteiger charge is 2.57. The molecule has 2 N–H and O–H groups in total. The van der Waals surface area contributed by atoms with Crippen LogP contribution >= 0.6 is 0 Å². The summed E-state index contributed by atoms with van der Waals surface area (Å²) in [5, 5.41) is 0. The Balaban J connectivity index is 1.59. The van der Waals surface area contributed by atoms with Crippen LogP contribution in [0.3, 0.4) is 0 Å². The maximum atomic E-state index is 14.6. The zero-order chi connectivity index (χ0) is 38.7. The zero-order valence-corrected chi connectivity index (χ0v) is 33.2. The predicted molar refractivity (Wildman–Crippen MR) is 206 cm³/mol. The lowest BCUT2D eigenvalue weighted by molar-refractivity contribution is -0.169. The van der Waals surface area contributed by atoms with Crippen molar-refractivity contribution in [2.75, 3.05) is 13.2 Å². The van der Waals surface area contributed by atoms with Gasteiger partial charge in [-0.1, -0.05) is 115 Å². The number of carbonyl (C=O) groups is 3. The van der Waals surface area contributed by atoms with Gasteiger partial charge in [0.05, 0.1) is 23.9 Å². The van der Waals surface area contributed by atoms with Gasteiger partial charge in [-0.2, -0.15) is 0 Å². The van der Waals surface area contributed by atoms with E-state index in [1.54, 1.807) is 0 Å². The van der Waals surface area contributed by atoms with E-state index in [0.29, 0.717) is 31.1 Å². The van der Waals surface area contributed by atoms with E-state index in [9.17, 15) is 14.4 Å². The highest BCUT2D eigenvalue weighted by atomic mass is 16.7. The number of carbonyl (C=O) groups excluding carboxylic acids is 3. The van der Waals surface area contributed by atoms with Crippen LogP contribution in [0.5, 0.6) is 0 Å². The third kappa shape index (κ3) is 11.2. The monoisotopic (exact) mass is 732 g/mol. The fourth-order valence-electron chi connectivity index (χ4n) is 7.77. The molecule has 0 aromatic heterocycles. The van der Waals surface area contributed by atoms with Crippen molar-refractivity contribution in [3.05, 3.63) is 71.8 Å². The molecule has 1 saturated carbocycles. The van der Waals surface area contributed by atoms with Crippen LogP contribution in [0.15, 0.2) is 60.7 Å². The summed E-state index contributed by atoms with van der Waals surface area (Å²) in [6, 6.07) is 18.9. The minimum absolute atomic E-state index is 0.0871. The minimum atomic E-state index is -1.28. The van der Waals surface area contributed by atoms with Crippen molar-refractivity contribution in [2.45, 2.75) is 137 Å². The van der Waals surface area contributed by atoms with Crippen molar-refractivity contribution >= 4 is 25.6 Å². The molecule has 0 bridgehead atoms. The van der Waals surface area contributed by atoms with E-state index in [0.717, 1.165) is 51.8 Å². The molecule has 291 valence electrons. The summed E-state index contributed by atoms with van der Waals surface area (Å²) in [6.45, 7) is 14.9. The lowest BCUT2D eigenvalue weighted by Crippen LogP contribution is -2.60. The van der Waals surface area contributed by atoms with Gasteiger partial charge in [0.15, 0.2) is 0 Å². The summed E-state index contributed by atoms with van der Waals surface area (Å²) >= 11 is 0. The predicted octanol–water partition coefficient (Wildman–Crippen LogP) is 8.45. The number of benzene rings is 2. The molecule has 1 heterocycles. The van der Waals surface area contributed by atoms with Gasteiger partial charge in [0, 0.05) is 12.1 Å². The Labute approximate surface area is 318 Å². The molecule has 1 aliphatic carbocycles. The van der Waals surface area contributed by atoms with Crippen molar-refractivity contribution < 1.29 is 37.9 Å². The smallest absolute Gasteiger partial charge is 0.510 e. The molecule has 1 aliphatic heterocycles. The van der Waals surface area contributed by atoms with Crippen LogP contribution < -0.4 is 5.73 Å². The summed E-state index contributed by atoms with van der Waals surface area (Å²) in [4.78, 5) is 42.0. The van der Waals surface area contributed by atoms with Gasteiger partial charge in [0.25, 0.3) is 5.97 Å². The fourth-order valence-corrected chi connectivity index (χ4v) is 7.77. The lowest BCUT2D eigenvalue weighted by Gasteiger charge is -2.52. The first-order valence-corrected chi connectivity index (χ1v) is 19.6. The van der Waals surface area contributed by atoms with Gasteiger partial charge in [-0.05, 0) is 86.7 Å². The minimum Gasteiger partial charge on any atom is -0.510 e. The van der Waals surface area contributed by atoms with E-state index in [4.69, 9.17) is 29.3 Å². The van der Waals surface area contributed by atoms with Crippen LogP contribution in [-0.4, -0.2) is 50.6 Å². The Kier molecular flexibility index (Phi) is 15.2. The van der Waals surface area contributed by atoms with E-state index in [-0.39, 0.29) is 25.4 Å². The summed E-state index contributed by atoms with van der Waals surface area (Å²) in [7, 11) is 1.06.